The van der Waals surface area contributed by atoms with Crippen molar-refractivity contribution in [3.8, 4) is 0 Å². The zero-order chi connectivity index (χ0) is 19.6. The summed E-state index contributed by atoms with van der Waals surface area (Å²) < 4.78 is 27.2. The zero-order valence-corrected chi connectivity index (χ0v) is 17.5. The maximum atomic E-state index is 12.9. The summed E-state index contributed by atoms with van der Waals surface area (Å²) in [6.07, 6.45) is 4.14. The molecule has 2 saturated heterocycles. The highest BCUT2D eigenvalue weighted by atomic mass is 32.2. The summed E-state index contributed by atoms with van der Waals surface area (Å²) in [4.78, 5) is 12.9. The zero-order valence-electron chi connectivity index (χ0n) is 16.6. The van der Waals surface area contributed by atoms with Crippen LogP contribution in [0.1, 0.15) is 64.4 Å². The predicted molar refractivity (Wildman–Crippen MR) is 109 cm³/mol. The van der Waals surface area contributed by atoms with E-state index in [1.807, 2.05) is 31.2 Å². The smallest absolute Gasteiger partial charge is 0.229 e. The summed E-state index contributed by atoms with van der Waals surface area (Å²) in [5, 5.41) is 3.02. The lowest BCUT2D eigenvalue weighted by atomic mass is 9.73. The molecule has 1 N–H and O–H groups in total. The van der Waals surface area contributed by atoms with E-state index in [0.717, 1.165) is 31.4 Å². The molecule has 3 aliphatic rings. The number of nitrogens with zero attached hydrogens (tertiary/aromatic N) is 1. The number of carbonyl (C=O) groups excluding carboxylic acids is 1. The van der Waals surface area contributed by atoms with Crippen LogP contribution in [0.4, 0.5) is 5.69 Å². The first-order chi connectivity index (χ1) is 12.8. The Hall–Kier alpha value is -1.40. The monoisotopic (exact) mass is 392 g/mol. The maximum Gasteiger partial charge on any atom is 0.229 e. The number of nitrogens with one attached hydrogen (secondary N) is 1. The van der Waals surface area contributed by atoms with E-state index in [0.29, 0.717) is 24.8 Å². The fraction of sp³-hybridized carbons (Fsp3) is 0.667. The molecule has 0 radical (unpaired) electrons. The van der Waals surface area contributed by atoms with Crippen molar-refractivity contribution in [3.63, 3.8) is 0 Å². The molecule has 2 aliphatic heterocycles. The second-order valence-corrected chi connectivity index (χ2v) is 10.4. The van der Waals surface area contributed by atoms with Crippen LogP contribution in [0, 0.1) is 11.8 Å². The summed E-state index contributed by atoms with van der Waals surface area (Å²) in [6, 6.07) is 7.75. The molecule has 0 unspecified atom stereocenters. The quantitative estimate of drug-likeness (QED) is 0.763. The van der Waals surface area contributed by atoms with E-state index in [4.69, 9.17) is 0 Å². The Morgan fingerprint density at radius 3 is 2.52 bits per heavy atom. The van der Waals surface area contributed by atoms with Gasteiger partial charge >= 0.3 is 0 Å². The van der Waals surface area contributed by atoms with Crippen molar-refractivity contribution in [2.75, 3.05) is 17.6 Å². The molecule has 5 nitrogen and oxygen atoms in total. The van der Waals surface area contributed by atoms with Gasteiger partial charge in [-0.05, 0) is 55.2 Å². The molecule has 2 bridgehead atoms. The van der Waals surface area contributed by atoms with E-state index in [2.05, 4.69) is 19.2 Å². The third-order valence-electron chi connectivity index (χ3n) is 6.03. The van der Waals surface area contributed by atoms with Gasteiger partial charge in [0.25, 0.3) is 0 Å². The summed E-state index contributed by atoms with van der Waals surface area (Å²) in [6.45, 7) is 6.86. The van der Waals surface area contributed by atoms with Crippen LogP contribution in [0.2, 0.25) is 0 Å². The molecule has 4 rings (SSSR count). The van der Waals surface area contributed by atoms with Gasteiger partial charge in [0.1, 0.15) is 0 Å². The van der Waals surface area contributed by atoms with Gasteiger partial charge in [-0.1, -0.05) is 39.3 Å². The number of fused-ring (bicyclic) bond motifs is 3. The van der Waals surface area contributed by atoms with E-state index >= 15 is 0 Å². The first-order valence-electron chi connectivity index (χ1n) is 10.2. The molecule has 150 valence electrons. The third kappa shape index (κ3) is 4.54. The molecular weight excluding hydrogens is 360 g/mol. The average molecular weight is 393 g/mol. The molecule has 27 heavy (non-hydrogen) atoms. The van der Waals surface area contributed by atoms with E-state index in [9.17, 15) is 13.2 Å². The van der Waals surface area contributed by atoms with E-state index in [1.165, 1.54) is 5.56 Å². The number of rotatable bonds is 7. The lowest BCUT2D eigenvalue weighted by molar-refractivity contribution is -0.125. The van der Waals surface area contributed by atoms with E-state index in [1.54, 1.807) is 4.31 Å². The topological polar surface area (TPSA) is 66.5 Å². The molecular formula is C21H32N2O3S. The van der Waals surface area contributed by atoms with Crippen LogP contribution in [0.5, 0.6) is 0 Å². The summed E-state index contributed by atoms with van der Waals surface area (Å²) in [7, 11) is -3.28. The number of hydrogen-bond donors (Lipinski definition) is 1. The Kier molecular flexibility index (Phi) is 6.26. The standard InChI is InChI=1S/C21H32N2O3S/c1-4-5-12-27(25,26)23-14-16-6-11-20(23)19(13-16)21(24)22-18-9-7-17(8-10-18)15(2)3/h7-10,15-16,19-20H,4-6,11-14H2,1-3H3,(H,22,24)/t16-,19+,20+/m0/s1. The van der Waals surface area contributed by atoms with Crippen LogP contribution in [-0.4, -0.2) is 37.0 Å². The lowest BCUT2D eigenvalue weighted by Crippen LogP contribution is -2.58. The Balaban J connectivity index is 1.71. The molecule has 3 fully saturated rings. The van der Waals surface area contributed by atoms with Gasteiger partial charge in [0.2, 0.25) is 15.9 Å². The van der Waals surface area contributed by atoms with Gasteiger partial charge in [-0.15, -0.1) is 0 Å². The van der Waals surface area contributed by atoms with Crippen LogP contribution < -0.4 is 5.32 Å². The minimum atomic E-state index is -3.28. The molecule has 1 amide bonds. The van der Waals surface area contributed by atoms with Crippen molar-refractivity contribution < 1.29 is 13.2 Å². The molecule has 2 heterocycles. The molecule has 0 spiro atoms. The molecule has 3 atom stereocenters. The first kappa shape index (κ1) is 20.3. The minimum Gasteiger partial charge on any atom is -0.326 e. The number of hydrogen-bond acceptors (Lipinski definition) is 3. The fourth-order valence-electron chi connectivity index (χ4n) is 4.37. The van der Waals surface area contributed by atoms with Crippen molar-refractivity contribution in [2.45, 2.75) is 64.8 Å². The van der Waals surface area contributed by atoms with Crippen molar-refractivity contribution >= 4 is 21.6 Å². The maximum absolute atomic E-state index is 12.9. The van der Waals surface area contributed by atoms with Gasteiger partial charge in [0, 0.05) is 18.3 Å². The highest BCUT2D eigenvalue weighted by molar-refractivity contribution is 7.89. The second kappa shape index (κ2) is 8.31. The van der Waals surface area contributed by atoms with Crippen LogP contribution in [0.3, 0.4) is 0 Å². The number of amides is 1. The SMILES string of the molecule is CCCCS(=O)(=O)N1C[C@H]2CC[C@@H]1[C@H](C(=O)Nc1ccc(C(C)C)cc1)C2. The van der Waals surface area contributed by atoms with Crippen LogP contribution in [-0.2, 0) is 14.8 Å². The van der Waals surface area contributed by atoms with Crippen LogP contribution >= 0.6 is 0 Å². The van der Waals surface area contributed by atoms with Crippen molar-refractivity contribution in [1.29, 1.82) is 0 Å². The molecule has 6 heteroatoms. The summed E-state index contributed by atoms with van der Waals surface area (Å²) >= 11 is 0. The third-order valence-corrected chi connectivity index (χ3v) is 7.96. The van der Waals surface area contributed by atoms with Crippen molar-refractivity contribution in [1.82, 2.24) is 4.31 Å². The minimum absolute atomic E-state index is 0.0441. The Labute approximate surface area is 163 Å². The Morgan fingerprint density at radius 2 is 1.93 bits per heavy atom. The Bertz CT molecular complexity index is 758. The predicted octanol–water partition coefficient (Wildman–Crippen LogP) is 3.98. The van der Waals surface area contributed by atoms with E-state index < -0.39 is 10.0 Å². The number of carbonyl (C=O) groups is 1. The first-order valence-corrected chi connectivity index (χ1v) is 11.8. The molecule has 1 aromatic carbocycles. The fourth-order valence-corrected chi connectivity index (χ4v) is 6.36. The van der Waals surface area contributed by atoms with E-state index in [-0.39, 0.29) is 23.6 Å². The highest BCUT2D eigenvalue weighted by Gasteiger charge is 2.47. The molecule has 1 saturated carbocycles. The number of benzene rings is 1. The van der Waals surface area contributed by atoms with Crippen LogP contribution in [0.25, 0.3) is 0 Å². The normalized spacial score (nSPS) is 25.7. The number of sulfonamides is 1. The van der Waals surface area contributed by atoms with Gasteiger partial charge in [-0.25, -0.2) is 8.42 Å². The number of piperidine rings is 2. The van der Waals surface area contributed by atoms with Crippen molar-refractivity contribution in [3.05, 3.63) is 29.8 Å². The molecule has 1 aliphatic carbocycles. The van der Waals surface area contributed by atoms with Gasteiger partial charge in [-0.2, -0.15) is 4.31 Å². The summed E-state index contributed by atoms with van der Waals surface area (Å²) in [5.41, 5.74) is 2.02. The molecule has 1 aromatic rings. The largest absolute Gasteiger partial charge is 0.326 e. The average Bonchev–Trinajstić information content (AvgIpc) is 2.67. The number of unbranched alkanes of at least 4 members (excludes halogenated alkanes) is 1. The second-order valence-electron chi connectivity index (χ2n) is 8.36. The number of anilines is 1. The van der Waals surface area contributed by atoms with Gasteiger partial charge in [-0.3, -0.25) is 4.79 Å². The van der Waals surface area contributed by atoms with Gasteiger partial charge in [0.15, 0.2) is 0 Å². The lowest BCUT2D eigenvalue weighted by Gasteiger charge is -2.48. The van der Waals surface area contributed by atoms with Crippen LogP contribution in [0.15, 0.2) is 24.3 Å². The highest BCUT2D eigenvalue weighted by Crippen LogP contribution is 2.41. The molecule has 0 aromatic heterocycles. The summed E-state index contributed by atoms with van der Waals surface area (Å²) in [5.74, 6) is 0.643. The van der Waals surface area contributed by atoms with Gasteiger partial charge in [0.05, 0.1) is 11.7 Å². The Morgan fingerprint density at radius 1 is 1.22 bits per heavy atom. The van der Waals surface area contributed by atoms with Crippen molar-refractivity contribution in [2.24, 2.45) is 11.8 Å². The van der Waals surface area contributed by atoms with Gasteiger partial charge < -0.3 is 5.32 Å².